The van der Waals surface area contributed by atoms with Gasteiger partial charge in [-0.1, -0.05) is 12.8 Å². The van der Waals surface area contributed by atoms with Gasteiger partial charge in [-0.3, -0.25) is 0 Å². The first-order valence-corrected chi connectivity index (χ1v) is 6.61. The van der Waals surface area contributed by atoms with Gasteiger partial charge in [0.25, 0.3) is 0 Å². The maximum atomic E-state index is 10.3. The van der Waals surface area contributed by atoms with Gasteiger partial charge in [0.05, 0.1) is 17.9 Å². The van der Waals surface area contributed by atoms with Crippen LogP contribution in [-0.4, -0.2) is 23.9 Å². The van der Waals surface area contributed by atoms with E-state index in [0.29, 0.717) is 24.6 Å². The quantitative estimate of drug-likeness (QED) is 0.702. The second kappa shape index (κ2) is 5.48. The number of nitrogen functional groups attached to an aromatic ring is 1. The summed E-state index contributed by atoms with van der Waals surface area (Å²) in [5.41, 5.74) is 6.85. The molecule has 0 saturated heterocycles. The lowest BCUT2D eigenvalue weighted by molar-refractivity contribution is 0.0615. The van der Waals surface area contributed by atoms with Crippen molar-refractivity contribution in [2.45, 2.75) is 38.2 Å². The topological polar surface area (TPSA) is 67.5 Å². The number of hydrogen-bond donors (Lipinski definition) is 3. The minimum atomic E-state index is -0.548. The zero-order chi connectivity index (χ0) is 13.0. The minimum Gasteiger partial charge on any atom is -0.492 e. The van der Waals surface area contributed by atoms with Crippen molar-refractivity contribution in [2.24, 2.45) is 0 Å². The number of anilines is 2. The molecule has 1 aromatic rings. The van der Waals surface area contributed by atoms with Crippen LogP contribution in [0.15, 0.2) is 18.2 Å². The summed E-state index contributed by atoms with van der Waals surface area (Å²) in [5.74, 6) is 0.695. The lowest BCUT2D eigenvalue weighted by Gasteiger charge is -2.23. The summed E-state index contributed by atoms with van der Waals surface area (Å²) in [6.07, 6.45) is 3.99. The van der Waals surface area contributed by atoms with E-state index in [1.54, 1.807) is 0 Å². The van der Waals surface area contributed by atoms with E-state index in [1.165, 1.54) is 0 Å². The van der Waals surface area contributed by atoms with Crippen LogP contribution in [-0.2, 0) is 0 Å². The first-order valence-electron chi connectivity index (χ1n) is 6.61. The van der Waals surface area contributed by atoms with E-state index >= 15 is 0 Å². The Labute approximate surface area is 108 Å². The van der Waals surface area contributed by atoms with Crippen LogP contribution in [0.4, 0.5) is 11.4 Å². The molecule has 0 spiro atoms. The fourth-order valence-electron chi connectivity index (χ4n) is 2.40. The van der Waals surface area contributed by atoms with E-state index in [9.17, 15) is 5.11 Å². The monoisotopic (exact) mass is 250 g/mol. The van der Waals surface area contributed by atoms with Gasteiger partial charge in [-0.2, -0.15) is 0 Å². The molecule has 0 amide bonds. The summed E-state index contributed by atoms with van der Waals surface area (Å²) >= 11 is 0. The molecule has 4 N–H and O–H groups in total. The Balaban J connectivity index is 1.98. The summed E-state index contributed by atoms with van der Waals surface area (Å²) in [7, 11) is 0. The van der Waals surface area contributed by atoms with E-state index in [4.69, 9.17) is 10.5 Å². The van der Waals surface area contributed by atoms with Gasteiger partial charge in [-0.15, -0.1) is 0 Å². The van der Waals surface area contributed by atoms with Crippen molar-refractivity contribution in [1.29, 1.82) is 0 Å². The van der Waals surface area contributed by atoms with Gasteiger partial charge in [0.15, 0.2) is 0 Å². The second-order valence-electron chi connectivity index (χ2n) is 4.97. The van der Waals surface area contributed by atoms with Gasteiger partial charge >= 0.3 is 0 Å². The molecule has 18 heavy (non-hydrogen) atoms. The molecule has 0 bridgehead atoms. The molecule has 0 heterocycles. The summed E-state index contributed by atoms with van der Waals surface area (Å²) < 4.78 is 5.45. The SMILES string of the molecule is CCOc1cc(NCC2(O)CCCC2)ccc1N. The van der Waals surface area contributed by atoms with Crippen LogP contribution in [0.25, 0.3) is 0 Å². The Morgan fingerprint density at radius 1 is 1.39 bits per heavy atom. The number of nitrogens with one attached hydrogen (secondary N) is 1. The molecule has 1 saturated carbocycles. The van der Waals surface area contributed by atoms with Crippen molar-refractivity contribution in [3.8, 4) is 5.75 Å². The Kier molecular flexibility index (Phi) is 3.97. The molecule has 0 unspecified atom stereocenters. The van der Waals surface area contributed by atoms with Crippen LogP contribution in [0, 0.1) is 0 Å². The predicted molar refractivity (Wildman–Crippen MR) is 73.9 cm³/mol. The molecule has 2 rings (SSSR count). The van der Waals surface area contributed by atoms with Crippen LogP contribution in [0.5, 0.6) is 5.75 Å². The number of ether oxygens (including phenoxy) is 1. The molecule has 1 aliphatic carbocycles. The van der Waals surface area contributed by atoms with Crippen LogP contribution in [0.2, 0.25) is 0 Å². The van der Waals surface area contributed by atoms with E-state index in [1.807, 2.05) is 25.1 Å². The standard InChI is InChI=1S/C14H22N2O2/c1-2-18-13-9-11(5-6-12(13)15)16-10-14(17)7-3-4-8-14/h5-6,9,16-17H,2-4,7-8,10,15H2,1H3. The van der Waals surface area contributed by atoms with Crippen molar-refractivity contribution in [2.75, 3.05) is 24.2 Å². The summed E-state index contributed by atoms with van der Waals surface area (Å²) in [5, 5.41) is 13.5. The Morgan fingerprint density at radius 3 is 2.78 bits per heavy atom. The maximum Gasteiger partial charge on any atom is 0.144 e. The highest BCUT2D eigenvalue weighted by Crippen LogP contribution is 2.31. The van der Waals surface area contributed by atoms with Crippen LogP contribution in [0.3, 0.4) is 0 Å². The third-order valence-electron chi connectivity index (χ3n) is 3.47. The van der Waals surface area contributed by atoms with Crippen LogP contribution < -0.4 is 15.8 Å². The van der Waals surface area contributed by atoms with Gasteiger partial charge in [-0.05, 0) is 31.9 Å². The van der Waals surface area contributed by atoms with Gasteiger partial charge in [0.1, 0.15) is 5.75 Å². The second-order valence-corrected chi connectivity index (χ2v) is 4.97. The van der Waals surface area contributed by atoms with Gasteiger partial charge in [-0.25, -0.2) is 0 Å². The molecule has 4 heteroatoms. The predicted octanol–water partition coefficient (Wildman–Crippen LogP) is 2.38. The van der Waals surface area contributed by atoms with Crippen molar-refractivity contribution in [3.63, 3.8) is 0 Å². The number of rotatable bonds is 5. The molecule has 0 atom stereocenters. The lowest BCUT2D eigenvalue weighted by atomic mass is 10.0. The van der Waals surface area contributed by atoms with Crippen molar-refractivity contribution in [3.05, 3.63) is 18.2 Å². The van der Waals surface area contributed by atoms with Crippen LogP contribution in [0.1, 0.15) is 32.6 Å². The largest absolute Gasteiger partial charge is 0.492 e. The van der Waals surface area contributed by atoms with E-state index < -0.39 is 5.60 Å². The molecule has 4 nitrogen and oxygen atoms in total. The highest BCUT2D eigenvalue weighted by atomic mass is 16.5. The van der Waals surface area contributed by atoms with Gasteiger partial charge < -0.3 is 20.9 Å². The molecule has 0 aromatic heterocycles. The van der Waals surface area contributed by atoms with E-state index in [-0.39, 0.29) is 0 Å². The number of nitrogens with two attached hydrogens (primary N) is 1. The van der Waals surface area contributed by atoms with Crippen molar-refractivity contribution in [1.82, 2.24) is 0 Å². The molecule has 100 valence electrons. The molecule has 1 aromatic carbocycles. The fourth-order valence-corrected chi connectivity index (χ4v) is 2.40. The highest BCUT2D eigenvalue weighted by molar-refractivity contribution is 5.61. The van der Waals surface area contributed by atoms with Crippen LogP contribution >= 0.6 is 0 Å². The molecule has 0 aliphatic heterocycles. The van der Waals surface area contributed by atoms with Crippen molar-refractivity contribution >= 4 is 11.4 Å². The lowest BCUT2D eigenvalue weighted by Crippen LogP contribution is -2.33. The Morgan fingerprint density at radius 2 is 2.11 bits per heavy atom. The maximum absolute atomic E-state index is 10.3. The Bertz CT molecular complexity index is 401. The smallest absolute Gasteiger partial charge is 0.144 e. The molecular formula is C14H22N2O2. The van der Waals surface area contributed by atoms with Crippen molar-refractivity contribution < 1.29 is 9.84 Å². The normalized spacial score (nSPS) is 17.7. The fraction of sp³-hybridized carbons (Fsp3) is 0.571. The number of benzene rings is 1. The molecule has 0 radical (unpaired) electrons. The Hall–Kier alpha value is -1.42. The third kappa shape index (κ3) is 3.07. The van der Waals surface area contributed by atoms with E-state index in [0.717, 1.165) is 31.4 Å². The number of hydrogen-bond acceptors (Lipinski definition) is 4. The molecule has 1 aliphatic rings. The average Bonchev–Trinajstić information content (AvgIpc) is 2.78. The molecular weight excluding hydrogens is 228 g/mol. The number of aliphatic hydroxyl groups is 1. The van der Waals surface area contributed by atoms with E-state index in [2.05, 4.69) is 5.32 Å². The average molecular weight is 250 g/mol. The minimum absolute atomic E-state index is 0.548. The summed E-state index contributed by atoms with van der Waals surface area (Å²) in [6.45, 7) is 3.11. The third-order valence-corrected chi connectivity index (χ3v) is 3.47. The first kappa shape index (κ1) is 13.0. The molecule has 1 fully saturated rings. The summed E-state index contributed by atoms with van der Waals surface area (Å²) in [4.78, 5) is 0. The zero-order valence-electron chi connectivity index (χ0n) is 10.9. The first-order chi connectivity index (χ1) is 8.63. The summed E-state index contributed by atoms with van der Waals surface area (Å²) in [6, 6.07) is 5.62. The van der Waals surface area contributed by atoms with Gasteiger partial charge in [0, 0.05) is 18.3 Å². The zero-order valence-corrected chi connectivity index (χ0v) is 10.9. The van der Waals surface area contributed by atoms with Gasteiger partial charge in [0.2, 0.25) is 0 Å². The highest BCUT2D eigenvalue weighted by Gasteiger charge is 2.30.